The fourth-order valence-electron chi connectivity index (χ4n) is 0.158. The number of rotatable bonds is 3. The Hall–Kier alpha value is -0.380. The standard InChI is InChI=1S/C5H10O3/c1-4-5(2,7-3)8-6/h4,6H,1H2,2-3H3. The van der Waals surface area contributed by atoms with Gasteiger partial charge in [-0.25, -0.2) is 5.26 Å². The first-order valence-corrected chi connectivity index (χ1v) is 2.20. The summed E-state index contributed by atoms with van der Waals surface area (Å²) in [5.41, 5.74) is 0. The molecule has 0 aromatic carbocycles. The summed E-state index contributed by atoms with van der Waals surface area (Å²) in [6.07, 6.45) is 1.35. The molecule has 0 bridgehead atoms. The number of ether oxygens (including phenoxy) is 1. The van der Waals surface area contributed by atoms with Crippen LogP contribution in [0.25, 0.3) is 0 Å². The molecule has 0 aliphatic carbocycles. The van der Waals surface area contributed by atoms with E-state index in [1.165, 1.54) is 13.2 Å². The van der Waals surface area contributed by atoms with Gasteiger partial charge in [0.2, 0.25) is 5.79 Å². The molecule has 0 heterocycles. The van der Waals surface area contributed by atoms with Crippen molar-refractivity contribution in [1.82, 2.24) is 0 Å². The third-order valence-corrected chi connectivity index (χ3v) is 0.957. The van der Waals surface area contributed by atoms with Gasteiger partial charge < -0.3 is 4.74 Å². The summed E-state index contributed by atoms with van der Waals surface area (Å²) in [5.74, 6) is -1.06. The summed E-state index contributed by atoms with van der Waals surface area (Å²) in [6, 6.07) is 0. The third kappa shape index (κ3) is 1.61. The maximum Gasteiger partial charge on any atom is 0.217 e. The summed E-state index contributed by atoms with van der Waals surface area (Å²) in [4.78, 5) is 3.90. The van der Waals surface area contributed by atoms with Gasteiger partial charge in [-0.05, 0) is 13.0 Å². The lowest BCUT2D eigenvalue weighted by Crippen LogP contribution is -2.26. The Balaban J connectivity index is 3.76. The van der Waals surface area contributed by atoms with Crippen molar-refractivity contribution in [2.75, 3.05) is 7.11 Å². The van der Waals surface area contributed by atoms with Gasteiger partial charge in [-0.15, -0.1) is 0 Å². The second-order valence-electron chi connectivity index (χ2n) is 1.52. The highest BCUT2D eigenvalue weighted by atomic mass is 17.1. The molecular formula is C5H10O3. The molecule has 0 radical (unpaired) electrons. The van der Waals surface area contributed by atoms with E-state index in [4.69, 9.17) is 5.26 Å². The zero-order chi connectivity index (χ0) is 6.62. The maximum atomic E-state index is 8.09. The van der Waals surface area contributed by atoms with Crippen LogP contribution in [0, 0.1) is 0 Å². The Morgan fingerprint density at radius 1 is 1.75 bits per heavy atom. The molecule has 0 aliphatic rings. The van der Waals surface area contributed by atoms with Gasteiger partial charge in [0.25, 0.3) is 0 Å². The summed E-state index contributed by atoms with van der Waals surface area (Å²) in [7, 11) is 1.41. The van der Waals surface area contributed by atoms with E-state index in [9.17, 15) is 0 Å². The van der Waals surface area contributed by atoms with Gasteiger partial charge in [-0.1, -0.05) is 6.58 Å². The molecule has 1 N–H and O–H groups in total. The fraction of sp³-hybridized carbons (Fsp3) is 0.600. The second-order valence-corrected chi connectivity index (χ2v) is 1.52. The van der Waals surface area contributed by atoms with Crippen LogP contribution in [-0.2, 0) is 9.62 Å². The molecule has 0 amide bonds. The fourth-order valence-corrected chi connectivity index (χ4v) is 0.158. The van der Waals surface area contributed by atoms with Crippen molar-refractivity contribution in [1.29, 1.82) is 0 Å². The predicted octanol–water partition coefficient (Wildman–Crippen LogP) is 1.02. The van der Waals surface area contributed by atoms with Crippen LogP contribution >= 0.6 is 0 Å². The van der Waals surface area contributed by atoms with E-state index in [-0.39, 0.29) is 0 Å². The average Bonchev–Trinajstić information content (AvgIpc) is 1.87. The second kappa shape index (κ2) is 2.81. The molecule has 0 rings (SSSR count). The van der Waals surface area contributed by atoms with E-state index < -0.39 is 5.79 Å². The van der Waals surface area contributed by atoms with Gasteiger partial charge in [0.05, 0.1) is 0 Å². The van der Waals surface area contributed by atoms with Crippen LogP contribution in [0.2, 0.25) is 0 Å². The van der Waals surface area contributed by atoms with E-state index in [1.54, 1.807) is 6.92 Å². The van der Waals surface area contributed by atoms with Crippen LogP contribution < -0.4 is 0 Å². The molecule has 0 fully saturated rings. The molecule has 0 aromatic heterocycles. The minimum absolute atomic E-state index is 1.06. The van der Waals surface area contributed by atoms with Gasteiger partial charge in [0.1, 0.15) is 0 Å². The molecule has 0 aromatic rings. The zero-order valence-electron chi connectivity index (χ0n) is 5.05. The molecule has 0 aliphatic heterocycles. The number of hydrogen-bond acceptors (Lipinski definition) is 3. The van der Waals surface area contributed by atoms with E-state index in [1.807, 2.05) is 0 Å². The van der Waals surface area contributed by atoms with Gasteiger partial charge in [0, 0.05) is 7.11 Å². The van der Waals surface area contributed by atoms with Crippen molar-refractivity contribution in [3.05, 3.63) is 12.7 Å². The first kappa shape index (κ1) is 7.62. The lowest BCUT2D eigenvalue weighted by Gasteiger charge is -2.18. The monoisotopic (exact) mass is 118 g/mol. The highest BCUT2D eigenvalue weighted by Gasteiger charge is 2.18. The minimum Gasteiger partial charge on any atom is -0.348 e. The van der Waals surface area contributed by atoms with E-state index in [0.29, 0.717) is 0 Å². The van der Waals surface area contributed by atoms with Crippen molar-refractivity contribution in [3.63, 3.8) is 0 Å². The number of hydrogen-bond donors (Lipinski definition) is 1. The van der Waals surface area contributed by atoms with Gasteiger partial charge >= 0.3 is 0 Å². The highest BCUT2D eigenvalue weighted by molar-refractivity contribution is 4.83. The van der Waals surface area contributed by atoms with Gasteiger partial charge in [-0.2, -0.15) is 4.89 Å². The Bertz CT molecular complexity index is 75.7. The molecule has 3 heteroatoms. The van der Waals surface area contributed by atoms with E-state index in [0.717, 1.165) is 0 Å². The third-order valence-electron chi connectivity index (χ3n) is 0.957. The molecular weight excluding hydrogens is 108 g/mol. The van der Waals surface area contributed by atoms with Crippen LogP contribution in [0.4, 0.5) is 0 Å². The largest absolute Gasteiger partial charge is 0.348 e. The maximum absolute atomic E-state index is 8.09. The van der Waals surface area contributed by atoms with Crippen LogP contribution in [0.1, 0.15) is 6.92 Å². The molecule has 0 saturated carbocycles. The Kier molecular flexibility index (Phi) is 2.68. The zero-order valence-corrected chi connectivity index (χ0v) is 5.05. The number of methoxy groups -OCH3 is 1. The van der Waals surface area contributed by atoms with Crippen molar-refractivity contribution < 1.29 is 14.9 Å². The summed E-state index contributed by atoms with van der Waals surface area (Å²) < 4.78 is 4.65. The van der Waals surface area contributed by atoms with Gasteiger partial charge in [0.15, 0.2) is 0 Å². The first-order valence-electron chi connectivity index (χ1n) is 2.20. The molecule has 48 valence electrons. The average molecular weight is 118 g/mol. The summed E-state index contributed by atoms with van der Waals surface area (Å²) in [5, 5.41) is 8.09. The summed E-state index contributed by atoms with van der Waals surface area (Å²) in [6.45, 7) is 4.91. The topological polar surface area (TPSA) is 38.7 Å². The lowest BCUT2D eigenvalue weighted by molar-refractivity contribution is -0.371. The molecule has 1 atom stereocenters. The van der Waals surface area contributed by atoms with Crippen LogP contribution in [0.3, 0.4) is 0 Å². The first-order chi connectivity index (χ1) is 3.68. The van der Waals surface area contributed by atoms with Crippen LogP contribution in [-0.4, -0.2) is 18.2 Å². The molecule has 1 unspecified atom stereocenters. The molecule has 0 spiro atoms. The van der Waals surface area contributed by atoms with Gasteiger partial charge in [-0.3, -0.25) is 0 Å². The Morgan fingerprint density at radius 3 is 2.25 bits per heavy atom. The Labute approximate surface area is 48.5 Å². The van der Waals surface area contributed by atoms with Crippen LogP contribution in [0.5, 0.6) is 0 Å². The van der Waals surface area contributed by atoms with E-state index in [2.05, 4.69) is 16.2 Å². The van der Waals surface area contributed by atoms with Crippen molar-refractivity contribution in [2.24, 2.45) is 0 Å². The quantitative estimate of drug-likeness (QED) is 0.260. The molecule has 3 nitrogen and oxygen atoms in total. The normalized spacial score (nSPS) is 17.4. The Morgan fingerprint density at radius 2 is 2.25 bits per heavy atom. The van der Waals surface area contributed by atoms with Crippen molar-refractivity contribution >= 4 is 0 Å². The molecule has 0 saturated heterocycles. The van der Waals surface area contributed by atoms with Crippen LogP contribution in [0.15, 0.2) is 12.7 Å². The minimum atomic E-state index is -1.06. The molecule has 8 heavy (non-hydrogen) atoms. The van der Waals surface area contributed by atoms with E-state index >= 15 is 0 Å². The highest BCUT2D eigenvalue weighted by Crippen LogP contribution is 2.08. The SMILES string of the molecule is C=CC(C)(OC)OO. The smallest absolute Gasteiger partial charge is 0.217 e. The summed E-state index contributed by atoms with van der Waals surface area (Å²) >= 11 is 0. The van der Waals surface area contributed by atoms with Crippen molar-refractivity contribution in [3.8, 4) is 0 Å². The van der Waals surface area contributed by atoms with Crippen molar-refractivity contribution in [2.45, 2.75) is 12.7 Å². The lowest BCUT2D eigenvalue weighted by atomic mass is 10.3. The predicted molar refractivity (Wildman–Crippen MR) is 29.3 cm³/mol.